The molecule has 0 radical (unpaired) electrons. The molecule has 0 aliphatic carbocycles. The second kappa shape index (κ2) is 8.44. The molecular weight excluding hydrogens is 296 g/mol. The van der Waals surface area contributed by atoms with Crippen LogP contribution in [0.3, 0.4) is 0 Å². The van der Waals surface area contributed by atoms with Crippen LogP contribution in [0.25, 0.3) is 0 Å². The molecular formula is C18H18O3S. The fourth-order valence-electron chi connectivity index (χ4n) is 1.94. The number of hydrogen-bond acceptors (Lipinski definition) is 3. The summed E-state index contributed by atoms with van der Waals surface area (Å²) in [6.07, 6.45) is 2.18. The van der Waals surface area contributed by atoms with E-state index in [1.165, 1.54) is 0 Å². The third-order valence-corrected chi connectivity index (χ3v) is 3.78. The summed E-state index contributed by atoms with van der Waals surface area (Å²) in [5.41, 5.74) is 1.73. The van der Waals surface area contributed by atoms with Gasteiger partial charge in [-0.05, 0) is 11.1 Å². The normalized spacial score (nSPS) is 14.7. The van der Waals surface area contributed by atoms with Crippen LogP contribution in [0.2, 0.25) is 0 Å². The Balaban J connectivity index is 2.02. The molecule has 0 fully saturated rings. The van der Waals surface area contributed by atoms with Crippen LogP contribution in [0.4, 0.5) is 0 Å². The van der Waals surface area contributed by atoms with Crippen LogP contribution in [0.5, 0.6) is 0 Å². The molecule has 0 saturated carbocycles. The second-order valence-corrected chi connectivity index (χ2v) is 5.32. The first-order chi connectivity index (χ1) is 10.7. The van der Waals surface area contributed by atoms with Gasteiger partial charge >= 0.3 is 11.4 Å². The van der Waals surface area contributed by atoms with Gasteiger partial charge in [0, 0.05) is 0 Å². The van der Waals surface area contributed by atoms with Crippen LogP contribution in [-0.4, -0.2) is 4.21 Å². The third-order valence-electron chi connectivity index (χ3n) is 3.05. The predicted octanol–water partition coefficient (Wildman–Crippen LogP) is 4.45. The fraction of sp³-hybridized carbons (Fsp3) is 0.111. The lowest BCUT2D eigenvalue weighted by Crippen LogP contribution is -2.10. The molecule has 0 aliphatic rings. The van der Waals surface area contributed by atoms with Crippen LogP contribution in [0.1, 0.15) is 23.3 Å². The highest BCUT2D eigenvalue weighted by molar-refractivity contribution is 7.75. The van der Waals surface area contributed by atoms with Gasteiger partial charge in [-0.2, -0.15) is 4.21 Å². The molecule has 2 atom stereocenters. The fourth-order valence-corrected chi connectivity index (χ4v) is 2.70. The van der Waals surface area contributed by atoms with Gasteiger partial charge in [0.05, 0.1) is 0 Å². The van der Waals surface area contributed by atoms with Crippen LogP contribution in [0.15, 0.2) is 86.0 Å². The summed E-state index contributed by atoms with van der Waals surface area (Å²) in [6, 6.07) is 18.9. The largest absolute Gasteiger partial charge is 0.306 e. The molecule has 0 amide bonds. The van der Waals surface area contributed by atoms with Gasteiger partial charge in [0.1, 0.15) is 12.2 Å². The van der Waals surface area contributed by atoms with Gasteiger partial charge < -0.3 is 0 Å². The first-order valence-corrected chi connectivity index (χ1v) is 7.85. The first kappa shape index (κ1) is 16.4. The predicted molar refractivity (Wildman–Crippen MR) is 89.1 cm³/mol. The molecule has 4 heteroatoms. The smallest absolute Gasteiger partial charge is 0.256 e. The van der Waals surface area contributed by atoms with Crippen molar-refractivity contribution in [1.29, 1.82) is 0 Å². The molecule has 0 aromatic heterocycles. The molecule has 0 bridgehead atoms. The van der Waals surface area contributed by atoms with Gasteiger partial charge in [-0.15, -0.1) is 13.2 Å². The van der Waals surface area contributed by atoms with Crippen molar-refractivity contribution in [3.63, 3.8) is 0 Å². The van der Waals surface area contributed by atoms with Crippen molar-refractivity contribution in [3.05, 3.63) is 97.1 Å². The van der Waals surface area contributed by atoms with E-state index in [0.29, 0.717) is 0 Å². The third kappa shape index (κ3) is 4.49. The zero-order valence-corrected chi connectivity index (χ0v) is 12.9. The van der Waals surface area contributed by atoms with Crippen LogP contribution >= 0.6 is 0 Å². The van der Waals surface area contributed by atoms with Crippen LogP contribution < -0.4 is 0 Å². The Hall–Kier alpha value is -2.01. The Kier molecular flexibility index (Phi) is 6.27. The Morgan fingerprint density at radius 2 is 1.14 bits per heavy atom. The molecule has 114 valence electrons. The summed E-state index contributed by atoms with van der Waals surface area (Å²) < 4.78 is 22.9. The summed E-state index contributed by atoms with van der Waals surface area (Å²) in [4.78, 5) is 0. The van der Waals surface area contributed by atoms with Gasteiger partial charge in [0.2, 0.25) is 0 Å². The molecule has 2 rings (SSSR count). The Morgan fingerprint density at radius 1 is 0.773 bits per heavy atom. The highest BCUT2D eigenvalue weighted by Gasteiger charge is 2.17. The van der Waals surface area contributed by atoms with Gasteiger partial charge in [-0.1, -0.05) is 72.8 Å². The van der Waals surface area contributed by atoms with E-state index in [-0.39, 0.29) is 0 Å². The SMILES string of the molecule is C=CC(OS(=O)OC(C=C)c1ccccc1)c1ccccc1. The minimum Gasteiger partial charge on any atom is -0.256 e. The lowest BCUT2D eigenvalue weighted by Gasteiger charge is -2.16. The summed E-state index contributed by atoms with van der Waals surface area (Å²) >= 11 is -1.92. The highest BCUT2D eigenvalue weighted by Crippen LogP contribution is 2.24. The Labute approximate surface area is 133 Å². The molecule has 3 nitrogen and oxygen atoms in total. The van der Waals surface area contributed by atoms with Gasteiger partial charge in [0.15, 0.2) is 0 Å². The summed E-state index contributed by atoms with van der Waals surface area (Å²) in [7, 11) is 0. The van der Waals surface area contributed by atoms with Crippen LogP contribution in [-0.2, 0) is 19.7 Å². The average Bonchev–Trinajstić information content (AvgIpc) is 2.59. The highest BCUT2D eigenvalue weighted by atomic mass is 32.2. The Bertz CT molecular complexity index is 570. The van der Waals surface area contributed by atoms with E-state index in [9.17, 15) is 4.21 Å². The average molecular weight is 314 g/mol. The van der Waals surface area contributed by atoms with Crippen molar-refractivity contribution in [2.75, 3.05) is 0 Å². The monoisotopic (exact) mass is 314 g/mol. The first-order valence-electron chi connectivity index (χ1n) is 6.85. The van der Waals surface area contributed by atoms with E-state index in [2.05, 4.69) is 13.2 Å². The Morgan fingerprint density at radius 3 is 1.45 bits per heavy atom. The lowest BCUT2D eigenvalue weighted by atomic mass is 10.1. The minimum atomic E-state index is -1.92. The summed E-state index contributed by atoms with van der Waals surface area (Å²) in [5.74, 6) is 0. The molecule has 2 aromatic carbocycles. The van der Waals surface area contributed by atoms with Crippen molar-refractivity contribution >= 4 is 11.4 Å². The van der Waals surface area contributed by atoms with Crippen molar-refractivity contribution in [3.8, 4) is 0 Å². The van der Waals surface area contributed by atoms with Crippen molar-refractivity contribution in [2.45, 2.75) is 12.2 Å². The van der Waals surface area contributed by atoms with E-state index in [1.54, 1.807) is 12.2 Å². The zero-order chi connectivity index (χ0) is 15.8. The van der Waals surface area contributed by atoms with E-state index in [1.807, 2.05) is 60.7 Å². The molecule has 2 aromatic rings. The van der Waals surface area contributed by atoms with E-state index in [4.69, 9.17) is 8.37 Å². The van der Waals surface area contributed by atoms with E-state index >= 15 is 0 Å². The van der Waals surface area contributed by atoms with Crippen molar-refractivity contribution < 1.29 is 12.6 Å². The minimum absolute atomic E-state index is 0.497. The maximum atomic E-state index is 12.1. The molecule has 0 spiro atoms. The number of rotatable bonds is 8. The van der Waals surface area contributed by atoms with Gasteiger partial charge in [-0.3, -0.25) is 8.37 Å². The topological polar surface area (TPSA) is 35.5 Å². The van der Waals surface area contributed by atoms with Crippen LogP contribution in [0, 0.1) is 0 Å². The number of hydrogen-bond donors (Lipinski definition) is 0. The number of benzene rings is 2. The summed E-state index contributed by atoms with van der Waals surface area (Å²) in [6.45, 7) is 7.43. The molecule has 0 aliphatic heterocycles. The van der Waals surface area contributed by atoms with Gasteiger partial charge in [0.25, 0.3) is 0 Å². The van der Waals surface area contributed by atoms with Gasteiger partial charge in [-0.25, -0.2) is 0 Å². The molecule has 2 unspecified atom stereocenters. The van der Waals surface area contributed by atoms with Crippen molar-refractivity contribution in [2.24, 2.45) is 0 Å². The molecule has 0 heterocycles. The second-order valence-electron chi connectivity index (χ2n) is 4.53. The maximum Gasteiger partial charge on any atom is 0.306 e. The molecule has 0 N–H and O–H groups in total. The molecule has 0 saturated heterocycles. The maximum absolute atomic E-state index is 12.1. The zero-order valence-electron chi connectivity index (χ0n) is 12.1. The van der Waals surface area contributed by atoms with Crippen molar-refractivity contribution in [1.82, 2.24) is 0 Å². The standard InChI is InChI=1S/C18H18O3S/c1-3-17(15-11-7-5-8-12-15)20-22(19)21-18(4-2)16-13-9-6-10-14-16/h3-14,17-18H,1-2H2. The van der Waals surface area contributed by atoms with E-state index in [0.717, 1.165) is 11.1 Å². The quantitative estimate of drug-likeness (QED) is 0.675. The lowest BCUT2D eigenvalue weighted by molar-refractivity contribution is 0.191. The molecule has 22 heavy (non-hydrogen) atoms. The van der Waals surface area contributed by atoms with E-state index < -0.39 is 23.6 Å². The summed E-state index contributed by atoms with van der Waals surface area (Å²) in [5, 5.41) is 0.